The van der Waals surface area contributed by atoms with Crippen LogP contribution in [0.4, 0.5) is 0 Å². The molecule has 1 heterocycles. The average Bonchev–Trinajstić information content (AvgIpc) is 3.12. The van der Waals surface area contributed by atoms with Gasteiger partial charge in [0.05, 0.1) is 0 Å². The normalized spacial score (nSPS) is 10.6. The molecule has 1 amide bonds. The molecular formula is C20H21N3OS. The third-order valence-corrected chi connectivity index (χ3v) is 4.81. The Kier molecular flexibility index (Phi) is 5.56. The molecule has 3 aromatic rings. The summed E-state index contributed by atoms with van der Waals surface area (Å²) in [5.74, 6) is -0.0455. The molecule has 4 nitrogen and oxygen atoms in total. The number of aromatic nitrogens is 2. The molecule has 25 heavy (non-hydrogen) atoms. The molecule has 128 valence electrons. The van der Waals surface area contributed by atoms with E-state index in [1.54, 1.807) is 18.0 Å². The van der Waals surface area contributed by atoms with E-state index in [-0.39, 0.29) is 5.91 Å². The molecule has 0 bridgehead atoms. The highest BCUT2D eigenvalue weighted by molar-refractivity contribution is 7.98. The minimum Gasteiger partial charge on any atom is -0.352 e. The van der Waals surface area contributed by atoms with Crippen LogP contribution < -0.4 is 5.32 Å². The van der Waals surface area contributed by atoms with Gasteiger partial charge in [-0.1, -0.05) is 36.0 Å². The second-order valence-electron chi connectivity index (χ2n) is 5.76. The lowest BCUT2D eigenvalue weighted by atomic mass is 10.1. The second kappa shape index (κ2) is 8.03. The first-order chi connectivity index (χ1) is 12.2. The predicted octanol–water partition coefficient (Wildman–Crippen LogP) is 3.88. The number of nitrogens with zero attached hydrogens (tertiary/aromatic N) is 2. The van der Waals surface area contributed by atoms with Gasteiger partial charge in [0, 0.05) is 30.2 Å². The summed E-state index contributed by atoms with van der Waals surface area (Å²) in [5, 5.41) is 3.92. The third-order valence-electron chi connectivity index (χ3n) is 4.14. The van der Waals surface area contributed by atoms with Gasteiger partial charge in [-0.15, -0.1) is 0 Å². The largest absolute Gasteiger partial charge is 0.352 e. The van der Waals surface area contributed by atoms with Gasteiger partial charge in [0.2, 0.25) is 0 Å². The number of rotatable bonds is 6. The first-order valence-corrected chi connectivity index (χ1v) is 9.42. The summed E-state index contributed by atoms with van der Waals surface area (Å²) in [4.78, 5) is 16.6. The second-order valence-corrected chi connectivity index (χ2v) is 6.54. The van der Waals surface area contributed by atoms with E-state index in [1.165, 1.54) is 11.1 Å². The summed E-state index contributed by atoms with van der Waals surface area (Å²) in [7, 11) is 0. The van der Waals surface area contributed by atoms with Crippen molar-refractivity contribution < 1.29 is 4.79 Å². The fourth-order valence-electron chi connectivity index (χ4n) is 2.71. The number of carbonyl (C=O) groups is 1. The van der Waals surface area contributed by atoms with Crippen molar-refractivity contribution in [2.24, 2.45) is 0 Å². The Morgan fingerprint density at radius 3 is 2.64 bits per heavy atom. The van der Waals surface area contributed by atoms with E-state index < -0.39 is 0 Å². The molecule has 0 aliphatic rings. The Bertz CT molecular complexity index is 855. The summed E-state index contributed by atoms with van der Waals surface area (Å²) in [6.45, 7) is 2.72. The number of aryl methyl sites for hydroxylation is 1. The zero-order valence-electron chi connectivity index (χ0n) is 14.4. The quantitative estimate of drug-likeness (QED) is 0.686. The maximum Gasteiger partial charge on any atom is 0.251 e. The molecular weight excluding hydrogens is 330 g/mol. The lowest BCUT2D eigenvalue weighted by molar-refractivity contribution is 0.0954. The van der Waals surface area contributed by atoms with Gasteiger partial charge in [0.25, 0.3) is 5.91 Å². The Hall–Kier alpha value is -2.53. The fraction of sp³-hybridized carbons (Fsp3) is 0.200. The molecule has 1 N–H and O–H groups in total. The number of thioether (sulfide) groups is 1. The van der Waals surface area contributed by atoms with Crippen LogP contribution in [-0.2, 0) is 6.42 Å². The molecule has 2 aromatic carbocycles. The third kappa shape index (κ3) is 4.12. The zero-order valence-corrected chi connectivity index (χ0v) is 15.2. The number of carbonyl (C=O) groups excluding carboxylic acids is 1. The van der Waals surface area contributed by atoms with Gasteiger partial charge in [0.1, 0.15) is 0 Å². The highest BCUT2D eigenvalue weighted by Crippen LogP contribution is 2.18. The topological polar surface area (TPSA) is 46.9 Å². The summed E-state index contributed by atoms with van der Waals surface area (Å²) in [6.07, 6.45) is 6.53. The molecule has 0 atom stereocenters. The van der Waals surface area contributed by atoms with Crippen molar-refractivity contribution in [1.29, 1.82) is 0 Å². The number of amides is 1. The van der Waals surface area contributed by atoms with Crippen LogP contribution in [0.3, 0.4) is 0 Å². The average molecular weight is 351 g/mol. The van der Waals surface area contributed by atoms with E-state index in [0.717, 1.165) is 17.3 Å². The van der Waals surface area contributed by atoms with Gasteiger partial charge in [-0.05, 0) is 55.0 Å². The van der Waals surface area contributed by atoms with Crippen LogP contribution in [0.5, 0.6) is 0 Å². The van der Waals surface area contributed by atoms with E-state index in [9.17, 15) is 4.79 Å². The highest BCUT2D eigenvalue weighted by atomic mass is 32.2. The van der Waals surface area contributed by atoms with Gasteiger partial charge in [-0.2, -0.15) is 0 Å². The smallest absolute Gasteiger partial charge is 0.251 e. The van der Waals surface area contributed by atoms with Crippen molar-refractivity contribution in [3.05, 3.63) is 77.6 Å². The molecule has 0 aliphatic heterocycles. The highest BCUT2D eigenvalue weighted by Gasteiger charge is 2.08. The predicted molar refractivity (Wildman–Crippen MR) is 103 cm³/mol. The van der Waals surface area contributed by atoms with Crippen LogP contribution in [0.2, 0.25) is 0 Å². The van der Waals surface area contributed by atoms with Crippen molar-refractivity contribution >= 4 is 17.7 Å². The molecule has 3 rings (SSSR count). The van der Waals surface area contributed by atoms with Crippen LogP contribution in [0.25, 0.3) is 5.69 Å². The Labute approximate surface area is 152 Å². The maximum absolute atomic E-state index is 12.3. The molecule has 0 radical (unpaired) electrons. The molecule has 0 unspecified atom stereocenters. The minimum atomic E-state index is -0.0455. The lowest BCUT2D eigenvalue weighted by Gasteiger charge is -2.09. The van der Waals surface area contributed by atoms with Crippen molar-refractivity contribution in [1.82, 2.24) is 14.9 Å². The van der Waals surface area contributed by atoms with E-state index >= 15 is 0 Å². The zero-order chi connectivity index (χ0) is 17.6. The van der Waals surface area contributed by atoms with Gasteiger partial charge in [-0.25, -0.2) is 4.98 Å². The number of imidazole rings is 1. The fourth-order valence-corrected chi connectivity index (χ4v) is 3.24. The summed E-state index contributed by atoms with van der Waals surface area (Å²) in [6, 6.07) is 15.8. The molecule has 0 fully saturated rings. The van der Waals surface area contributed by atoms with E-state index in [1.807, 2.05) is 53.4 Å². The lowest BCUT2D eigenvalue weighted by Crippen LogP contribution is -2.25. The monoisotopic (exact) mass is 351 g/mol. The summed E-state index contributed by atoms with van der Waals surface area (Å²) in [5.41, 5.74) is 4.19. The van der Waals surface area contributed by atoms with Gasteiger partial charge < -0.3 is 5.32 Å². The Balaban J connectivity index is 1.60. The van der Waals surface area contributed by atoms with Crippen LogP contribution in [0.15, 0.2) is 66.1 Å². The van der Waals surface area contributed by atoms with E-state index in [2.05, 4.69) is 29.4 Å². The van der Waals surface area contributed by atoms with E-state index in [4.69, 9.17) is 0 Å². The van der Waals surface area contributed by atoms with Crippen LogP contribution >= 0.6 is 11.8 Å². The number of hydrogen-bond acceptors (Lipinski definition) is 3. The van der Waals surface area contributed by atoms with Crippen molar-refractivity contribution in [2.75, 3.05) is 12.8 Å². The Morgan fingerprint density at radius 2 is 1.92 bits per heavy atom. The molecule has 0 spiro atoms. The summed E-state index contributed by atoms with van der Waals surface area (Å²) < 4.78 is 2.00. The van der Waals surface area contributed by atoms with Crippen LogP contribution in [0, 0.1) is 6.92 Å². The standard InChI is InChI=1S/C20H21N3OS/c1-15-5-3-4-6-16(15)11-12-21-19(24)17-7-9-18(10-8-17)23-14-13-22-20(23)25-2/h3-10,13-14H,11-12H2,1-2H3,(H,21,24). The van der Waals surface area contributed by atoms with Crippen molar-refractivity contribution in [2.45, 2.75) is 18.5 Å². The van der Waals surface area contributed by atoms with Gasteiger partial charge >= 0.3 is 0 Å². The molecule has 0 saturated heterocycles. The molecule has 5 heteroatoms. The van der Waals surface area contributed by atoms with Crippen LogP contribution in [0.1, 0.15) is 21.5 Å². The number of nitrogens with one attached hydrogen (secondary N) is 1. The van der Waals surface area contributed by atoms with Crippen molar-refractivity contribution in [3.8, 4) is 5.69 Å². The molecule has 0 saturated carbocycles. The van der Waals surface area contributed by atoms with E-state index in [0.29, 0.717) is 12.1 Å². The number of benzene rings is 2. The first kappa shape index (κ1) is 17.3. The van der Waals surface area contributed by atoms with Crippen molar-refractivity contribution in [3.63, 3.8) is 0 Å². The SMILES string of the molecule is CSc1nccn1-c1ccc(C(=O)NCCc2ccccc2C)cc1. The Morgan fingerprint density at radius 1 is 1.16 bits per heavy atom. The molecule has 1 aromatic heterocycles. The van der Waals surface area contributed by atoms with Crippen LogP contribution in [-0.4, -0.2) is 28.3 Å². The minimum absolute atomic E-state index is 0.0455. The number of hydrogen-bond donors (Lipinski definition) is 1. The first-order valence-electron chi connectivity index (χ1n) is 8.19. The molecule has 0 aliphatic carbocycles. The van der Waals surface area contributed by atoms with Gasteiger partial charge in [0.15, 0.2) is 5.16 Å². The maximum atomic E-state index is 12.3. The van der Waals surface area contributed by atoms with Gasteiger partial charge in [-0.3, -0.25) is 9.36 Å². The summed E-state index contributed by atoms with van der Waals surface area (Å²) >= 11 is 1.59.